The van der Waals surface area contributed by atoms with E-state index in [9.17, 15) is 9.59 Å². The van der Waals surface area contributed by atoms with E-state index in [0.29, 0.717) is 11.4 Å². The molecular formula is C18H22N4O3S. The molecule has 0 unspecified atom stereocenters. The molecule has 1 saturated heterocycles. The lowest BCUT2D eigenvalue weighted by Gasteiger charge is -2.32. The molecule has 1 aromatic carbocycles. The molecule has 0 radical (unpaired) electrons. The molecule has 8 heteroatoms. The predicted molar refractivity (Wildman–Crippen MR) is 103 cm³/mol. The zero-order valence-electron chi connectivity index (χ0n) is 14.6. The van der Waals surface area contributed by atoms with E-state index in [1.807, 2.05) is 0 Å². The average molecular weight is 374 g/mol. The van der Waals surface area contributed by atoms with Crippen LogP contribution >= 0.6 is 12.2 Å². The van der Waals surface area contributed by atoms with Gasteiger partial charge in [0.1, 0.15) is 5.75 Å². The molecule has 1 aliphatic carbocycles. The van der Waals surface area contributed by atoms with Gasteiger partial charge < -0.3 is 15.8 Å². The van der Waals surface area contributed by atoms with Crippen LogP contribution in [0.15, 0.2) is 29.3 Å². The summed E-state index contributed by atoms with van der Waals surface area (Å²) in [6.07, 6.45) is 5.33. The second kappa shape index (κ2) is 7.92. The van der Waals surface area contributed by atoms with Crippen molar-refractivity contribution in [2.75, 3.05) is 12.0 Å². The van der Waals surface area contributed by atoms with Gasteiger partial charge in [0.25, 0.3) is 5.91 Å². The molecule has 1 aromatic rings. The molecule has 3 N–H and O–H groups in total. The maximum atomic E-state index is 13.0. The van der Waals surface area contributed by atoms with Crippen LogP contribution in [0.1, 0.15) is 25.7 Å². The van der Waals surface area contributed by atoms with Gasteiger partial charge in [0.2, 0.25) is 5.91 Å². The number of nitrogens with one attached hydrogen (secondary N) is 1. The van der Waals surface area contributed by atoms with Gasteiger partial charge in [0, 0.05) is 12.3 Å². The van der Waals surface area contributed by atoms with Crippen molar-refractivity contribution in [2.45, 2.75) is 37.8 Å². The molecule has 1 heterocycles. The van der Waals surface area contributed by atoms with E-state index in [4.69, 9.17) is 22.7 Å². The zero-order valence-corrected chi connectivity index (χ0v) is 15.4. The summed E-state index contributed by atoms with van der Waals surface area (Å²) in [5, 5.41) is 2.61. The molecule has 3 atom stereocenters. The summed E-state index contributed by atoms with van der Waals surface area (Å²) in [5.41, 5.74) is 6.58. The van der Waals surface area contributed by atoms with Crippen molar-refractivity contribution in [3.05, 3.63) is 24.3 Å². The first-order valence-electron chi connectivity index (χ1n) is 8.63. The number of para-hydroxylation sites is 2. The normalized spacial score (nSPS) is 26.9. The van der Waals surface area contributed by atoms with Crippen molar-refractivity contribution in [1.82, 2.24) is 5.32 Å². The maximum absolute atomic E-state index is 13.0. The molecule has 1 saturated carbocycles. The number of rotatable bonds is 4. The number of nitrogens with two attached hydrogens (primary N) is 1. The van der Waals surface area contributed by atoms with Crippen molar-refractivity contribution in [3.8, 4) is 5.75 Å². The Hall–Kier alpha value is -2.32. The molecule has 0 bridgehead atoms. The second-order valence-corrected chi connectivity index (χ2v) is 6.82. The molecule has 7 nitrogen and oxygen atoms in total. The Bertz CT molecular complexity index is 752. The fourth-order valence-electron chi connectivity index (χ4n) is 3.29. The minimum Gasteiger partial charge on any atom is -0.495 e. The number of carbonyl (C=O) groups excluding carboxylic acids is 2. The van der Waals surface area contributed by atoms with E-state index in [2.05, 4.69) is 10.3 Å². The predicted octanol–water partition coefficient (Wildman–Crippen LogP) is 1.40. The van der Waals surface area contributed by atoms with Gasteiger partial charge in [-0.3, -0.25) is 19.5 Å². The smallest absolute Gasteiger partial charge is 0.251 e. The van der Waals surface area contributed by atoms with Crippen LogP contribution in [0, 0.1) is 5.92 Å². The maximum Gasteiger partial charge on any atom is 0.251 e. The van der Waals surface area contributed by atoms with Gasteiger partial charge in [0.05, 0.1) is 18.8 Å². The third-order valence-corrected chi connectivity index (χ3v) is 5.02. The van der Waals surface area contributed by atoms with Gasteiger partial charge in [-0.2, -0.15) is 0 Å². The number of hydrogen-bond acceptors (Lipinski definition) is 6. The van der Waals surface area contributed by atoms with Gasteiger partial charge in [-0.15, -0.1) is 0 Å². The number of ether oxygens (including phenoxy) is 1. The minimum atomic E-state index is -1.04. The Morgan fingerprint density at radius 3 is 2.77 bits per heavy atom. The van der Waals surface area contributed by atoms with Crippen LogP contribution in [0.5, 0.6) is 5.75 Å². The lowest BCUT2D eigenvalue weighted by Crippen LogP contribution is -2.58. The quantitative estimate of drug-likeness (QED) is 0.472. The highest BCUT2D eigenvalue weighted by atomic mass is 32.1. The molecule has 2 fully saturated rings. The van der Waals surface area contributed by atoms with Crippen LogP contribution in [0.3, 0.4) is 0 Å². The first kappa shape index (κ1) is 18.5. The van der Waals surface area contributed by atoms with Crippen LogP contribution in [0.2, 0.25) is 0 Å². The Balaban J connectivity index is 1.86. The topological polar surface area (TPSA) is 97.0 Å². The molecule has 26 heavy (non-hydrogen) atoms. The Morgan fingerprint density at radius 1 is 1.31 bits per heavy atom. The standard InChI is InChI=1S/C18H22N4O3S/c1-25-15-9-5-4-8-14(15)22-17(24)11(16(23)21-18(22)26)10-20-13-7-3-2-6-12(13)19/h4-5,8-13H,2-3,6-7,19H2,1H3,(H,21,23,26)/t11-,12+,13-/m1/s1. The van der Waals surface area contributed by atoms with E-state index in [-0.39, 0.29) is 17.2 Å². The first-order valence-corrected chi connectivity index (χ1v) is 9.04. The molecule has 0 aromatic heterocycles. The molecule has 2 amide bonds. The summed E-state index contributed by atoms with van der Waals surface area (Å²) in [7, 11) is 1.51. The van der Waals surface area contributed by atoms with Gasteiger partial charge >= 0.3 is 0 Å². The number of methoxy groups -OCH3 is 1. The summed E-state index contributed by atoms with van der Waals surface area (Å²) in [6, 6.07) is 6.92. The lowest BCUT2D eigenvalue weighted by molar-refractivity contribution is -0.130. The number of carbonyl (C=O) groups is 2. The number of nitrogens with zero attached hydrogens (tertiary/aromatic N) is 2. The third-order valence-electron chi connectivity index (χ3n) is 4.74. The van der Waals surface area contributed by atoms with E-state index < -0.39 is 17.7 Å². The number of hydrogen-bond donors (Lipinski definition) is 2. The number of aliphatic imine (C=N–C) groups is 1. The summed E-state index contributed by atoms with van der Waals surface area (Å²) in [4.78, 5) is 31.0. The Kier molecular flexibility index (Phi) is 5.63. The number of amides is 2. The Labute approximate surface area is 157 Å². The van der Waals surface area contributed by atoms with E-state index in [1.165, 1.54) is 18.2 Å². The first-order chi connectivity index (χ1) is 12.5. The molecule has 3 rings (SSSR count). The summed E-state index contributed by atoms with van der Waals surface area (Å²) < 4.78 is 5.31. The van der Waals surface area contributed by atoms with E-state index >= 15 is 0 Å². The summed E-state index contributed by atoms with van der Waals surface area (Å²) >= 11 is 5.20. The fourth-order valence-corrected chi connectivity index (χ4v) is 3.58. The molecule has 1 aliphatic heterocycles. The van der Waals surface area contributed by atoms with Crippen LogP contribution in [0.25, 0.3) is 0 Å². The summed E-state index contributed by atoms with van der Waals surface area (Å²) in [5.74, 6) is -1.47. The summed E-state index contributed by atoms with van der Waals surface area (Å²) in [6.45, 7) is 0. The highest BCUT2D eigenvalue weighted by Gasteiger charge is 2.39. The van der Waals surface area contributed by atoms with Crippen LogP contribution in [-0.2, 0) is 9.59 Å². The second-order valence-electron chi connectivity index (χ2n) is 6.43. The molecule has 138 valence electrons. The van der Waals surface area contributed by atoms with E-state index in [1.54, 1.807) is 24.3 Å². The number of anilines is 1. The van der Waals surface area contributed by atoms with Crippen molar-refractivity contribution in [1.29, 1.82) is 0 Å². The third kappa shape index (κ3) is 3.61. The van der Waals surface area contributed by atoms with Gasteiger partial charge in [-0.25, -0.2) is 0 Å². The molecule has 2 aliphatic rings. The van der Waals surface area contributed by atoms with E-state index in [0.717, 1.165) is 25.7 Å². The zero-order chi connectivity index (χ0) is 18.7. The lowest BCUT2D eigenvalue weighted by atomic mass is 9.91. The SMILES string of the molecule is COc1ccccc1N1C(=O)[C@H](C=N[C@@H]2CCCC[C@@H]2N)C(=O)NC1=S. The Morgan fingerprint density at radius 2 is 2.04 bits per heavy atom. The highest BCUT2D eigenvalue weighted by Crippen LogP contribution is 2.30. The van der Waals surface area contributed by atoms with Crippen LogP contribution in [0.4, 0.5) is 5.69 Å². The van der Waals surface area contributed by atoms with Crippen LogP contribution < -0.4 is 20.7 Å². The molecular weight excluding hydrogens is 352 g/mol. The highest BCUT2D eigenvalue weighted by molar-refractivity contribution is 7.80. The van der Waals surface area contributed by atoms with Crippen molar-refractivity contribution in [2.24, 2.45) is 16.6 Å². The minimum absolute atomic E-state index is 0.0310. The largest absolute Gasteiger partial charge is 0.495 e. The van der Waals surface area contributed by atoms with Crippen LogP contribution in [-0.4, -0.2) is 42.3 Å². The van der Waals surface area contributed by atoms with Gasteiger partial charge in [-0.1, -0.05) is 25.0 Å². The van der Waals surface area contributed by atoms with Crippen molar-refractivity contribution < 1.29 is 14.3 Å². The monoisotopic (exact) mass is 374 g/mol. The van der Waals surface area contributed by atoms with Gasteiger partial charge in [0.15, 0.2) is 11.0 Å². The number of benzene rings is 1. The average Bonchev–Trinajstić information content (AvgIpc) is 2.63. The molecule has 0 spiro atoms. The fraction of sp³-hybridized carbons (Fsp3) is 0.444. The van der Waals surface area contributed by atoms with Crippen molar-refractivity contribution in [3.63, 3.8) is 0 Å². The van der Waals surface area contributed by atoms with Crippen molar-refractivity contribution >= 4 is 41.0 Å². The van der Waals surface area contributed by atoms with Gasteiger partial charge in [-0.05, 0) is 37.2 Å². The number of thiocarbonyl (C=S) groups is 1.